The van der Waals surface area contributed by atoms with Crippen molar-refractivity contribution in [2.24, 2.45) is 0 Å². The normalized spacial score (nSPS) is 13.2. The van der Waals surface area contributed by atoms with Crippen molar-refractivity contribution in [3.63, 3.8) is 0 Å². The molecule has 0 amide bonds. The van der Waals surface area contributed by atoms with Gasteiger partial charge in [0.1, 0.15) is 6.61 Å². The van der Waals surface area contributed by atoms with Crippen LogP contribution in [0, 0.1) is 11.3 Å². The third kappa shape index (κ3) is 3.86. The zero-order valence-corrected chi connectivity index (χ0v) is 10.7. The van der Waals surface area contributed by atoms with Crippen LogP contribution in [0.3, 0.4) is 0 Å². The van der Waals surface area contributed by atoms with E-state index in [0.29, 0.717) is 17.9 Å². The second kappa shape index (κ2) is 6.07. The molecule has 1 aromatic rings. The van der Waals surface area contributed by atoms with Gasteiger partial charge in [-0.05, 0) is 26.0 Å². The van der Waals surface area contributed by atoms with Crippen molar-refractivity contribution in [3.05, 3.63) is 23.8 Å². The maximum absolute atomic E-state index is 10.7. The van der Waals surface area contributed by atoms with E-state index in [9.17, 15) is 9.90 Å². The summed E-state index contributed by atoms with van der Waals surface area (Å²) in [5.74, 6) is -0.760. The zero-order valence-electron chi connectivity index (χ0n) is 10.7. The average molecular weight is 265 g/mol. The van der Waals surface area contributed by atoms with Crippen molar-refractivity contribution >= 4 is 5.97 Å². The number of hydrogen-bond donors (Lipinski definition) is 2. The van der Waals surface area contributed by atoms with Crippen molar-refractivity contribution in [1.29, 1.82) is 5.26 Å². The standard InChI is InChI=1S/C13H15NO5/c1-3-18-11-6-9(7-14)4-5-10(11)19-8-13(2,17)12(15)16/h4-6,17H,3,8H2,1-2H3,(H,15,16). The van der Waals surface area contributed by atoms with Gasteiger partial charge in [-0.25, -0.2) is 4.79 Å². The zero-order chi connectivity index (χ0) is 14.5. The van der Waals surface area contributed by atoms with Gasteiger partial charge in [0.15, 0.2) is 17.1 Å². The molecule has 0 radical (unpaired) electrons. The Bertz CT molecular complexity index is 504. The van der Waals surface area contributed by atoms with Crippen LogP contribution in [0.2, 0.25) is 0 Å². The molecule has 0 aromatic heterocycles. The van der Waals surface area contributed by atoms with Crippen LogP contribution >= 0.6 is 0 Å². The molecule has 2 N–H and O–H groups in total. The van der Waals surface area contributed by atoms with Gasteiger partial charge in [-0.2, -0.15) is 5.26 Å². The lowest BCUT2D eigenvalue weighted by Crippen LogP contribution is -2.41. The van der Waals surface area contributed by atoms with Crippen molar-refractivity contribution in [1.82, 2.24) is 0 Å². The molecule has 1 atom stereocenters. The summed E-state index contributed by atoms with van der Waals surface area (Å²) >= 11 is 0. The number of nitriles is 1. The highest BCUT2D eigenvalue weighted by Crippen LogP contribution is 2.29. The maximum Gasteiger partial charge on any atom is 0.339 e. The molecule has 1 unspecified atom stereocenters. The van der Waals surface area contributed by atoms with Crippen LogP contribution in [-0.4, -0.2) is 35.0 Å². The number of aliphatic hydroxyl groups is 1. The predicted octanol–water partition coefficient (Wildman–Crippen LogP) is 1.17. The van der Waals surface area contributed by atoms with Gasteiger partial charge < -0.3 is 19.7 Å². The summed E-state index contributed by atoms with van der Waals surface area (Å²) in [7, 11) is 0. The Labute approximate surface area is 110 Å². The Morgan fingerprint density at radius 3 is 2.63 bits per heavy atom. The molecular weight excluding hydrogens is 250 g/mol. The van der Waals surface area contributed by atoms with E-state index in [0.717, 1.165) is 6.92 Å². The molecule has 0 spiro atoms. The molecule has 0 saturated heterocycles. The van der Waals surface area contributed by atoms with Crippen molar-refractivity contribution in [2.45, 2.75) is 19.4 Å². The average Bonchev–Trinajstić information content (AvgIpc) is 2.37. The van der Waals surface area contributed by atoms with Crippen molar-refractivity contribution < 1.29 is 24.5 Å². The molecule has 102 valence electrons. The number of carboxylic acid groups (broad SMARTS) is 1. The van der Waals surface area contributed by atoms with Crippen LogP contribution in [0.4, 0.5) is 0 Å². The Balaban J connectivity index is 2.89. The van der Waals surface area contributed by atoms with Gasteiger partial charge >= 0.3 is 5.97 Å². The molecule has 0 bridgehead atoms. The van der Waals surface area contributed by atoms with Crippen LogP contribution in [0.5, 0.6) is 11.5 Å². The number of ether oxygens (including phenoxy) is 2. The Morgan fingerprint density at radius 2 is 2.11 bits per heavy atom. The fourth-order valence-corrected chi connectivity index (χ4v) is 1.25. The molecule has 0 aliphatic heterocycles. The van der Waals surface area contributed by atoms with Crippen LogP contribution in [0.15, 0.2) is 18.2 Å². The minimum absolute atomic E-state index is 0.280. The van der Waals surface area contributed by atoms with E-state index < -0.39 is 18.2 Å². The lowest BCUT2D eigenvalue weighted by Gasteiger charge is -2.19. The second-order valence-electron chi connectivity index (χ2n) is 4.07. The second-order valence-corrected chi connectivity index (χ2v) is 4.07. The van der Waals surface area contributed by atoms with Gasteiger partial charge in [-0.1, -0.05) is 0 Å². The third-order valence-electron chi connectivity index (χ3n) is 2.34. The van der Waals surface area contributed by atoms with Crippen molar-refractivity contribution in [3.8, 4) is 17.6 Å². The summed E-state index contributed by atoms with van der Waals surface area (Å²) in [6, 6.07) is 6.48. The van der Waals surface area contributed by atoms with Crippen LogP contribution in [0.1, 0.15) is 19.4 Å². The lowest BCUT2D eigenvalue weighted by atomic mass is 10.1. The SMILES string of the molecule is CCOc1cc(C#N)ccc1OCC(C)(O)C(=O)O. The highest BCUT2D eigenvalue weighted by atomic mass is 16.5. The van der Waals surface area contributed by atoms with Gasteiger partial charge in [0.25, 0.3) is 0 Å². The lowest BCUT2D eigenvalue weighted by molar-refractivity contribution is -0.159. The Hall–Kier alpha value is -2.26. The highest BCUT2D eigenvalue weighted by Gasteiger charge is 2.31. The fourth-order valence-electron chi connectivity index (χ4n) is 1.25. The van der Waals surface area contributed by atoms with Gasteiger partial charge in [0, 0.05) is 6.07 Å². The van der Waals surface area contributed by atoms with Crippen LogP contribution < -0.4 is 9.47 Å². The largest absolute Gasteiger partial charge is 0.490 e. The van der Waals surface area contributed by atoms with E-state index in [4.69, 9.17) is 19.8 Å². The molecular formula is C13H15NO5. The van der Waals surface area contributed by atoms with E-state index in [1.807, 2.05) is 6.07 Å². The molecule has 19 heavy (non-hydrogen) atoms. The molecule has 1 aromatic carbocycles. The number of aliphatic carboxylic acids is 1. The number of rotatable bonds is 6. The number of benzene rings is 1. The predicted molar refractivity (Wildman–Crippen MR) is 66.1 cm³/mol. The number of hydrogen-bond acceptors (Lipinski definition) is 5. The number of carboxylic acids is 1. The van der Waals surface area contributed by atoms with E-state index in [1.165, 1.54) is 18.2 Å². The Kier molecular flexibility index (Phi) is 4.73. The summed E-state index contributed by atoms with van der Waals surface area (Å²) in [5.41, 5.74) is -1.59. The topological polar surface area (TPSA) is 99.8 Å². The molecule has 0 aliphatic carbocycles. The first-order valence-corrected chi connectivity index (χ1v) is 5.66. The highest BCUT2D eigenvalue weighted by molar-refractivity contribution is 5.76. The smallest absolute Gasteiger partial charge is 0.339 e. The first-order chi connectivity index (χ1) is 8.90. The minimum atomic E-state index is -1.99. The summed E-state index contributed by atoms with van der Waals surface area (Å²) in [6.07, 6.45) is 0. The monoisotopic (exact) mass is 265 g/mol. The summed E-state index contributed by atoms with van der Waals surface area (Å²) in [5, 5.41) is 27.1. The molecule has 1 rings (SSSR count). The van der Waals surface area contributed by atoms with E-state index >= 15 is 0 Å². The molecule has 0 heterocycles. The quantitative estimate of drug-likeness (QED) is 0.801. The Morgan fingerprint density at radius 1 is 1.42 bits per heavy atom. The maximum atomic E-state index is 10.7. The van der Waals surface area contributed by atoms with E-state index in [1.54, 1.807) is 6.92 Å². The molecule has 0 saturated carbocycles. The first-order valence-electron chi connectivity index (χ1n) is 5.66. The fraction of sp³-hybridized carbons (Fsp3) is 0.385. The molecule has 6 heteroatoms. The van der Waals surface area contributed by atoms with Crippen LogP contribution in [-0.2, 0) is 4.79 Å². The van der Waals surface area contributed by atoms with Gasteiger partial charge in [-0.15, -0.1) is 0 Å². The van der Waals surface area contributed by atoms with Gasteiger partial charge in [0.05, 0.1) is 18.2 Å². The van der Waals surface area contributed by atoms with E-state index in [-0.39, 0.29) is 5.75 Å². The van der Waals surface area contributed by atoms with Crippen LogP contribution in [0.25, 0.3) is 0 Å². The third-order valence-corrected chi connectivity index (χ3v) is 2.34. The molecule has 0 aliphatic rings. The molecule has 6 nitrogen and oxygen atoms in total. The van der Waals surface area contributed by atoms with E-state index in [2.05, 4.69) is 0 Å². The number of nitrogens with zero attached hydrogens (tertiary/aromatic N) is 1. The number of carbonyl (C=O) groups is 1. The summed E-state index contributed by atoms with van der Waals surface area (Å²) < 4.78 is 10.6. The first kappa shape index (κ1) is 14.8. The molecule has 0 fully saturated rings. The van der Waals surface area contributed by atoms with Gasteiger partial charge in [-0.3, -0.25) is 0 Å². The summed E-state index contributed by atoms with van der Waals surface area (Å²) in [6.45, 7) is 2.87. The summed E-state index contributed by atoms with van der Waals surface area (Å²) in [4.78, 5) is 10.7. The van der Waals surface area contributed by atoms with Gasteiger partial charge in [0.2, 0.25) is 0 Å². The minimum Gasteiger partial charge on any atom is -0.490 e. The van der Waals surface area contributed by atoms with Crippen molar-refractivity contribution in [2.75, 3.05) is 13.2 Å².